The Kier molecular flexibility index (Phi) is 5.80. The molecule has 140 valence electrons. The first-order chi connectivity index (χ1) is 13.1. The Bertz CT molecular complexity index is 835. The molecule has 1 fully saturated rings. The topological polar surface area (TPSA) is 71.0 Å². The summed E-state index contributed by atoms with van der Waals surface area (Å²) in [6.07, 6.45) is 1.63. The highest BCUT2D eigenvalue weighted by molar-refractivity contribution is 6.00. The maximum absolute atomic E-state index is 13.0. The summed E-state index contributed by atoms with van der Waals surface area (Å²) in [5.41, 5.74) is 3.87. The number of nitrogens with zero attached hydrogens (tertiary/aromatic N) is 2. The summed E-state index contributed by atoms with van der Waals surface area (Å²) in [6.45, 7) is 2.75. The van der Waals surface area contributed by atoms with Gasteiger partial charge >= 0.3 is 0 Å². The van der Waals surface area contributed by atoms with Crippen molar-refractivity contribution in [2.75, 3.05) is 18.1 Å². The van der Waals surface area contributed by atoms with Gasteiger partial charge in [0.15, 0.2) is 0 Å². The number of benzene rings is 2. The van der Waals surface area contributed by atoms with Crippen molar-refractivity contribution in [3.63, 3.8) is 0 Å². The Balaban J connectivity index is 1.55. The second-order valence-electron chi connectivity index (χ2n) is 6.12. The normalized spacial score (nSPS) is 16.7. The molecule has 0 radical (unpaired) electrons. The average Bonchev–Trinajstić information content (AvgIpc) is 3.06. The van der Waals surface area contributed by atoms with Gasteiger partial charge in [0.1, 0.15) is 11.6 Å². The fourth-order valence-electron chi connectivity index (χ4n) is 2.83. The number of rotatable bonds is 6. The predicted octanol–water partition coefficient (Wildman–Crippen LogP) is 2.73. The molecular formula is C20H20FN3O3. The van der Waals surface area contributed by atoms with Crippen molar-refractivity contribution in [3.05, 3.63) is 59.9 Å². The molecule has 7 heteroatoms. The Labute approximate surface area is 156 Å². The van der Waals surface area contributed by atoms with Crippen LogP contribution in [0.1, 0.15) is 18.9 Å². The number of carbonyl (C=O) groups excluding carboxylic acids is 2. The first kappa shape index (κ1) is 18.6. The Hall–Kier alpha value is -3.22. The van der Waals surface area contributed by atoms with E-state index in [4.69, 9.17) is 4.74 Å². The Morgan fingerprint density at radius 3 is 2.63 bits per heavy atom. The zero-order valence-corrected chi connectivity index (χ0v) is 14.9. The molecule has 1 atom stereocenters. The molecule has 0 aliphatic carbocycles. The predicted molar refractivity (Wildman–Crippen MR) is 100 cm³/mol. The molecule has 2 aromatic carbocycles. The molecule has 1 aliphatic rings. The Morgan fingerprint density at radius 2 is 1.96 bits per heavy atom. The van der Waals surface area contributed by atoms with Crippen molar-refractivity contribution in [1.29, 1.82) is 0 Å². The van der Waals surface area contributed by atoms with E-state index in [1.165, 1.54) is 35.4 Å². The van der Waals surface area contributed by atoms with E-state index in [0.717, 1.165) is 11.3 Å². The van der Waals surface area contributed by atoms with Crippen molar-refractivity contribution in [3.8, 4) is 5.75 Å². The van der Waals surface area contributed by atoms with Gasteiger partial charge in [-0.3, -0.25) is 9.59 Å². The monoisotopic (exact) mass is 369 g/mol. The minimum absolute atomic E-state index is 0.0990. The highest BCUT2D eigenvalue weighted by atomic mass is 19.1. The van der Waals surface area contributed by atoms with E-state index in [1.807, 2.05) is 31.2 Å². The van der Waals surface area contributed by atoms with Gasteiger partial charge in [0.2, 0.25) is 11.8 Å². The first-order valence-corrected chi connectivity index (χ1v) is 8.68. The SMILES string of the molecule is CCOc1ccc(/C=N\NC(=O)[C@@H]2CC(=O)N(c3ccc(F)cc3)C2)cc1. The summed E-state index contributed by atoms with van der Waals surface area (Å²) in [4.78, 5) is 25.9. The van der Waals surface area contributed by atoms with Crippen LogP contribution in [0.3, 0.4) is 0 Å². The Morgan fingerprint density at radius 1 is 1.26 bits per heavy atom. The molecule has 1 aliphatic heterocycles. The summed E-state index contributed by atoms with van der Waals surface area (Å²) in [5.74, 6) is -0.597. The number of anilines is 1. The molecule has 6 nitrogen and oxygen atoms in total. The lowest BCUT2D eigenvalue weighted by molar-refractivity contribution is -0.126. The van der Waals surface area contributed by atoms with Crippen molar-refractivity contribution in [2.45, 2.75) is 13.3 Å². The van der Waals surface area contributed by atoms with Gasteiger partial charge in [0, 0.05) is 18.7 Å². The highest BCUT2D eigenvalue weighted by Crippen LogP contribution is 2.25. The molecular weight excluding hydrogens is 349 g/mol. The number of halogens is 1. The van der Waals surface area contributed by atoms with Gasteiger partial charge in [-0.15, -0.1) is 0 Å². The molecule has 1 N–H and O–H groups in total. The van der Waals surface area contributed by atoms with E-state index in [0.29, 0.717) is 12.3 Å². The summed E-state index contributed by atoms with van der Waals surface area (Å²) in [5, 5.41) is 3.95. The number of hydrazone groups is 1. The van der Waals surface area contributed by atoms with Gasteiger partial charge in [0.05, 0.1) is 18.7 Å². The van der Waals surface area contributed by atoms with Gasteiger partial charge in [-0.25, -0.2) is 9.82 Å². The van der Waals surface area contributed by atoms with Crippen LogP contribution in [-0.4, -0.2) is 31.2 Å². The van der Waals surface area contributed by atoms with Crippen LogP contribution in [-0.2, 0) is 9.59 Å². The summed E-state index contributed by atoms with van der Waals surface area (Å²) < 4.78 is 18.4. The lowest BCUT2D eigenvalue weighted by Gasteiger charge is -2.16. The van der Waals surface area contributed by atoms with Crippen LogP contribution in [0.25, 0.3) is 0 Å². The van der Waals surface area contributed by atoms with Crippen LogP contribution in [0.5, 0.6) is 5.75 Å². The largest absolute Gasteiger partial charge is 0.494 e. The molecule has 0 spiro atoms. The zero-order chi connectivity index (χ0) is 19.2. The molecule has 2 amide bonds. The van der Waals surface area contributed by atoms with Crippen molar-refractivity contribution >= 4 is 23.7 Å². The standard InChI is InChI=1S/C20H20FN3O3/c1-2-27-18-9-3-14(4-10-18)12-22-23-20(26)15-11-19(25)24(13-15)17-7-5-16(21)6-8-17/h3-10,12,15H,2,11,13H2,1H3,(H,23,26)/b22-12-/t15-/m1/s1. The van der Waals surface area contributed by atoms with Gasteiger partial charge < -0.3 is 9.64 Å². The molecule has 3 rings (SSSR count). The van der Waals surface area contributed by atoms with Crippen LogP contribution >= 0.6 is 0 Å². The minimum Gasteiger partial charge on any atom is -0.494 e. The fourth-order valence-corrected chi connectivity index (χ4v) is 2.83. The lowest BCUT2D eigenvalue weighted by atomic mass is 10.1. The second-order valence-corrected chi connectivity index (χ2v) is 6.12. The highest BCUT2D eigenvalue weighted by Gasteiger charge is 2.35. The van der Waals surface area contributed by atoms with E-state index in [-0.39, 0.29) is 30.6 Å². The van der Waals surface area contributed by atoms with Crippen LogP contribution in [0.4, 0.5) is 10.1 Å². The third-order valence-corrected chi connectivity index (χ3v) is 4.21. The molecule has 2 aromatic rings. The van der Waals surface area contributed by atoms with Gasteiger partial charge in [0.25, 0.3) is 0 Å². The second kappa shape index (κ2) is 8.44. The molecule has 0 unspecified atom stereocenters. The van der Waals surface area contributed by atoms with E-state index >= 15 is 0 Å². The maximum Gasteiger partial charge on any atom is 0.245 e. The molecule has 0 bridgehead atoms. The quantitative estimate of drug-likeness (QED) is 0.629. The number of nitrogens with one attached hydrogen (secondary N) is 1. The summed E-state index contributed by atoms with van der Waals surface area (Å²) in [6, 6.07) is 12.9. The minimum atomic E-state index is -0.500. The lowest BCUT2D eigenvalue weighted by Crippen LogP contribution is -2.30. The summed E-state index contributed by atoms with van der Waals surface area (Å²) in [7, 11) is 0. The van der Waals surface area contributed by atoms with Crippen molar-refractivity contribution in [2.24, 2.45) is 11.0 Å². The van der Waals surface area contributed by atoms with Gasteiger partial charge in [-0.05, 0) is 61.0 Å². The molecule has 1 heterocycles. The number of hydrogen-bond acceptors (Lipinski definition) is 4. The van der Waals surface area contributed by atoms with Gasteiger partial charge in [-0.1, -0.05) is 0 Å². The smallest absolute Gasteiger partial charge is 0.245 e. The molecule has 0 saturated carbocycles. The first-order valence-electron chi connectivity index (χ1n) is 8.68. The number of hydrogen-bond donors (Lipinski definition) is 1. The average molecular weight is 369 g/mol. The fraction of sp³-hybridized carbons (Fsp3) is 0.250. The van der Waals surface area contributed by atoms with E-state index in [1.54, 1.807) is 0 Å². The number of carbonyl (C=O) groups is 2. The summed E-state index contributed by atoms with van der Waals surface area (Å²) >= 11 is 0. The molecule has 0 aromatic heterocycles. The maximum atomic E-state index is 13.0. The van der Waals surface area contributed by atoms with Crippen LogP contribution in [0.2, 0.25) is 0 Å². The third-order valence-electron chi connectivity index (χ3n) is 4.21. The molecule has 1 saturated heterocycles. The van der Waals surface area contributed by atoms with Crippen molar-refractivity contribution < 1.29 is 18.7 Å². The van der Waals surface area contributed by atoms with E-state index < -0.39 is 5.92 Å². The molecule has 27 heavy (non-hydrogen) atoms. The van der Waals surface area contributed by atoms with E-state index in [9.17, 15) is 14.0 Å². The van der Waals surface area contributed by atoms with E-state index in [2.05, 4.69) is 10.5 Å². The van der Waals surface area contributed by atoms with Gasteiger partial charge in [-0.2, -0.15) is 5.10 Å². The number of amides is 2. The van der Waals surface area contributed by atoms with Crippen LogP contribution < -0.4 is 15.1 Å². The zero-order valence-electron chi connectivity index (χ0n) is 14.9. The third kappa shape index (κ3) is 4.69. The van der Waals surface area contributed by atoms with Crippen LogP contribution in [0.15, 0.2) is 53.6 Å². The van der Waals surface area contributed by atoms with Crippen molar-refractivity contribution in [1.82, 2.24) is 5.43 Å². The van der Waals surface area contributed by atoms with Crippen LogP contribution in [0, 0.1) is 11.7 Å². The number of ether oxygens (including phenoxy) is 1.